The molecule has 0 saturated carbocycles. The van der Waals surface area contributed by atoms with Gasteiger partial charge in [0, 0.05) is 17.6 Å². The summed E-state index contributed by atoms with van der Waals surface area (Å²) in [4.78, 5) is 6.73. The second-order valence-electron chi connectivity index (χ2n) is 5.31. The summed E-state index contributed by atoms with van der Waals surface area (Å²) in [6.45, 7) is 5.15. The maximum atomic E-state index is 4.52. The third-order valence-electron chi connectivity index (χ3n) is 3.18. The monoisotopic (exact) mass is 257 g/mol. The molecule has 0 unspecified atom stereocenters. The summed E-state index contributed by atoms with van der Waals surface area (Å²) in [5.74, 6) is 0. The summed E-state index contributed by atoms with van der Waals surface area (Å²) >= 11 is 0. The van der Waals surface area contributed by atoms with Crippen LogP contribution in [0.2, 0.25) is 0 Å². The number of benzene rings is 1. The van der Waals surface area contributed by atoms with Crippen LogP contribution in [0, 0.1) is 6.92 Å². The third kappa shape index (κ3) is 4.30. The van der Waals surface area contributed by atoms with E-state index in [0.717, 1.165) is 30.8 Å². The summed E-state index contributed by atoms with van der Waals surface area (Å²) in [6, 6.07) is 10.7. The molecule has 0 saturated heterocycles. The first-order valence-corrected chi connectivity index (χ1v) is 6.87. The number of fused-ring (bicyclic) bond motifs is 1. The number of pyridine rings is 1. The molecular weight excluding hydrogens is 234 g/mol. The van der Waals surface area contributed by atoms with Crippen LogP contribution in [-0.2, 0) is 6.54 Å². The lowest BCUT2D eigenvalue weighted by Gasteiger charge is -2.10. The van der Waals surface area contributed by atoms with E-state index in [1.165, 1.54) is 17.4 Å². The fourth-order valence-electron chi connectivity index (χ4n) is 2.14. The highest BCUT2D eigenvalue weighted by molar-refractivity contribution is 5.79. The van der Waals surface area contributed by atoms with Crippen LogP contribution >= 0.6 is 0 Å². The normalized spacial score (nSPS) is 11.4. The van der Waals surface area contributed by atoms with Gasteiger partial charge < -0.3 is 10.2 Å². The molecule has 2 rings (SSSR count). The van der Waals surface area contributed by atoms with Crippen LogP contribution in [0.4, 0.5) is 0 Å². The fraction of sp³-hybridized carbons (Fsp3) is 0.438. The van der Waals surface area contributed by atoms with Gasteiger partial charge >= 0.3 is 0 Å². The molecule has 1 N–H and O–H groups in total. The Balaban J connectivity index is 1.89. The Bertz CT molecular complexity index is 535. The highest BCUT2D eigenvalue weighted by Gasteiger charge is 1.98. The van der Waals surface area contributed by atoms with Gasteiger partial charge in [-0.2, -0.15) is 0 Å². The van der Waals surface area contributed by atoms with E-state index in [0.29, 0.717) is 0 Å². The van der Waals surface area contributed by atoms with Crippen LogP contribution in [-0.4, -0.2) is 37.1 Å². The van der Waals surface area contributed by atoms with Crippen molar-refractivity contribution in [2.24, 2.45) is 0 Å². The number of hydrogen-bond acceptors (Lipinski definition) is 3. The molecule has 3 heteroatoms. The van der Waals surface area contributed by atoms with Gasteiger partial charge in [0.2, 0.25) is 0 Å². The van der Waals surface area contributed by atoms with Crippen molar-refractivity contribution in [3.05, 3.63) is 41.6 Å². The number of aromatic nitrogens is 1. The van der Waals surface area contributed by atoms with Gasteiger partial charge in [0.25, 0.3) is 0 Å². The summed E-state index contributed by atoms with van der Waals surface area (Å²) < 4.78 is 0. The first-order valence-electron chi connectivity index (χ1n) is 6.87. The Morgan fingerprint density at radius 3 is 2.79 bits per heavy atom. The van der Waals surface area contributed by atoms with Crippen molar-refractivity contribution in [1.29, 1.82) is 0 Å². The van der Waals surface area contributed by atoms with E-state index < -0.39 is 0 Å². The van der Waals surface area contributed by atoms with Gasteiger partial charge in [0.05, 0.1) is 5.52 Å². The third-order valence-corrected chi connectivity index (χ3v) is 3.18. The summed E-state index contributed by atoms with van der Waals surface area (Å²) in [5, 5.41) is 4.71. The molecule has 0 atom stereocenters. The lowest BCUT2D eigenvalue weighted by Crippen LogP contribution is -2.20. The number of aryl methyl sites for hydroxylation is 1. The van der Waals surface area contributed by atoms with Crippen molar-refractivity contribution < 1.29 is 0 Å². The van der Waals surface area contributed by atoms with Gasteiger partial charge in [-0.3, -0.25) is 4.98 Å². The van der Waals surface area contributed by atoms with Crippen LogP contribution in [0.15, 0.2) is 30.3 Å². The first-order chi connectivity index (χ1) is 9.15. The van der Waals surface area contributed by atoms with E-state index in [2.05, 4.69) is 59.6 Å². The van der Waals surface area contributed by atoms with E-state index in [1.807, 2.05) is 6.92 Å². The molecule has 0 aliphatic carbocycles. The second-order valence-corrected chi connectivity index (χ2v) is 5.31. The van der Waals surface area contributed by atoms with E-state index in [4.69, 9.17) is 0 Å². The lowest BCUT2D eigenvalue weighted by atomic mass is 10.1. The van der Waals surface area contributed by atoms with E-state index in [9.17, 15) is 0 Å². The van der Waals surface area contributed by atoms with Crippen molar-refractivity contribution >= 4 is 10.9 Å². The molecule has 1 aromatic carbocycles. The average molecular weight is 257 g/mol. The molecule has 0 radical (unpaired) electrons. The van der Waals surface area contributed by atoms with Crippen LogP contribution in [0.3, 0.4) is 0 Å². The summed E-state index contributed by atoms with van der Waals surface area (Å²) in [6.07, 6.45) is 1.18. The van der Waals surface area contributed by atoms with Gasteiger partial charge in [-0.1, -0.05) is 12.1 Å². The van der Waals surface area contributed by atoms with Gasteiger partial charge in [-0.15, -0.1) is 0 Å². The molecule has 0 fully saturated rings. The number of nitrogens with zero attached hydrogens (tertiary/aromatic N) is 2. The Morgan fingerprint density at radius 1 is 1.16 bits per heavy atom. The molecular formula is C16H23N3. The zero-order valence-electron chi connectivity index (χ0n) is 12.1. The number of rotatable bonds is 6. The minimum Gasteiger partial charge on any atom is -0.313 e. The quantitative estimate of drug-likeness (QED) is 0.806. The minimum atomic E-state index is 0.928. The standard InChI is InChI=1S/C16H23N3/c1-13-5-7-15-11-14(6-8-16(15)18-13)12-17-9-4-10-19(2)3/h5-8,11,17H,4,9-10,12H2,1-3H3. The predicted octanol–water partition coefficient (Wildman–Crippen LogP) is 2.58. The molecule has 0 amide bonds. The Kier molecular flexibility index (Phi) is 4.88. The summed E-state index contributed by atoms with van der Waals surface area (Å²) in [5.41, 5.74) is 3.47. The number of nitrogens with one attached hydrogen (secondary N) is 1. The van der Waals surface area contributed by atoms with Crippen LogP contribution in [0.25, 0.3) is 10.9 Å². The molecule has 19 heavy (non-hydrogen) atoms. The second kappa shape index (κ2) is 6.64. The van der Waals surface area contributed by atoms with Gasteiger partial charge in [-0.25, -0.2) is 0 Å². The molecule has 102 valence electrons. The Hall–Kier alpha value is -1.45. The largest absolute Gasteiger partial charge is 0.313 e. The van der Waals surface area contributed by atoms with Crippen LogP contribution < -0.4 is 5.32 Å². The van der Waals surface area contributed by atoms with Gasteiger partial charge in [0.15, 0.2) is 0 Å². The molecule has 0 aliphatic heterocycles. The van der Waals surface area contributed by atoms with Crippen LogP contribution in [0.5, 0.6) is 0 Å². The maximum Gasteiger partial charge on any atom is 0.0705 e. The lowest BCUT2D eigenvalue weighted by molar-refractivity contribution is 0.394. The van der Waals surface area contributed by atoms with E-state index >= 15 is 0 Å². The minimum absolute atomic E-state index is 0.928. The summed E-state index contributed by atoms with van der Waals surface area (Å²) in [7, 11) is 4.22. The smallest absolute Gasteiger partial charge is 0.0705 e. The highest BCUT2D eigenvalue weighted by atomic mass is 15.0. The molecule has 0 bridgehead atoms. The molecule has 1 heterocycles. The van der Waals surface area contributed by atoms with Crippen molar-refractivity contribution in [2.75, 3.05) is 27.2 Å². The van der Waals surface area contributed by atoms with E-state index in [1.54, 1.807) is 0 Å². The van der Waals surface area contributed by atoms with Gasteiger partial charge in [0.1, 0.15) is 0 Å². The van der Waals surface area contributed by atoms with Gasteiger partial charge in [-0.05, 0) is 64.3 Å². The Labute approximate surface area is 115 Å². The molecule has 0 aliphatic rings. The maximum absolute atomic E-state index is 4.52. The van der Waals surface area contributed by atoms with Crippen LogP contribution in [0.1, 0.15) is 17.7 Å². The SMILES string of the molecule is Cc1ccc2cc(CNCCCN(C)C)ccc2n1. The first kappa shape index (κ1) is 14.0. The van der Waals surface area contributed by atoms with E-state index in [-0.39, 0.29) is 0 Å². The fourth-order valence-corrected chi connectivity index (χ4v) is 2.14. The number of hydrogen-bond donors (Lipinski definition) is 1. The highest BCUT2D eigenvalue weighted by Crippen LogP contribution is 2.14. The topological polar surface area (TPSA) is 28.2 Å². The molecule has 1 aromatic heterocycles. The average Bonchev–Trinajstić information content (AvgIpc) is 2.38. The van der Waals surface area contributed by atoms with Crippen molar-refractivity contribution in [2.45, 2.75) is 19.9 Å². The zero-order valence-corrected chi connectivity index (χ0v) is 12.1. The predicted molar refractivity (Wildman–Crippen MR) is 81.4 cm³/mol. The zero-order chi connectivity index (χ0) is 13.7. The molecule has 2 aromatic rings. The van der Waals surface area contributed by atoms with Crippen molar-refractivity contribution in [1.82, 2.24) is 15.2 Å². The van der Waals surface area contributed by atoms with Crippen molar-refractivity contribution in [3.8, 4) is 0 Å². The molecule has 3 nitrogen and oxygen atoms in total. The molecule has 0 spiro atoms. The Morgan fingerprint density at radius 2 is 2.00 bits per heavy atom. The van der Waals surface area contributed by atoms with Crippen molar-refractivity contribution in [3.63, 3.8) is 0 Å².